The Morgan fingerprint density at radius 1 is 0.769 bits per heavy atom. The van der Waals surface area contributed by atoms with E-state index in [1.807, 2.05) is 24.3 Å². The average Bonchev–Trinajstić information content (AvgIpc) is 2.69. The van der Waals surface area contributed by atoms with Gasteiger partial charge in [-0.3, -0.25) is 0 Å². The third kappa shape index (κ3) is 3.95. The van der Waals surface area contributed by atoms with Gasteiger partial charge in [-0.25, -0.2) is 4.98 Å². The van der Waals surface area contributed by atoms with Crippen LogP contribution in [0.1, 0.15) is 35.2 Å². The molecule has 124 valence electrons. The number of pyridine rings is 1. The van der Waals surface area contributed by atoms with Gasteiger partial charge < -0.3 is 0 Å². The van der Waals surface area contributed by atoms with Crippen molar-refractivity contribution in [1.29, 1.82) is 0 Å². The van der Waals surface area contributed by atoms with E-state index in [0.29, 0.717) is 12.8 Å². The number of nitrogens with zero attached hydrogens (tertiary/aromatic N) is 1. The van der Waals surface area contributed by atoms with Gasteiger partial charge in [0.15, 0.2) is 0 Å². The number of aryl methyl sites for hydroxylation is 2. The molecule has 3 rings (SSSR count). The SMILES string of the molecule is C#CCCc1cccnc1C#Cc1c(CCC#C)ccc2ccccc12. The van der Waals surface area contributed by atoms with Crippen LogP contribution < -0.4 is 0 Å². The second-order valence-electron chi connectivity index (χ2n) is 5.99. The van der Waals surface area contributed by atoms with Crippen molar-refractivity contribution in [2.24, 2.45) is 0 Å². The van der Waals surface area contributed by atoms with Crippen LogP contribution in [0.2, 0.25) is 0 Å². The third-order valence-corrected chi connectivity index (χ3v) is 4.29. The quantitative estimate of drug-likeness (QED) is 0.627. The zero-order valence-electron chi connectivity index (χ0n) is 14.6. The lowest BCUT2D eigenvalue weighted by atomic mass is 9.96. The van der Waals surface area contributed by atoms with Crippen LogP contribution in [-0.2, 0) is 12.8 Å². The second-order valence-corrected chi connectivity index (χ2v) is 5.99. The van der Waals surface area contributed by atoms with E-state index >= 15 is 0 Å². The van der Waals surface area contributed by atoms with Gasteiger partial charge in [-0.1, -0.05) is 48.4 Å². The van der Waals surface area contributed by atoms with E-state index in [2.05, 4.69) is 52.9 Å². The van der Waals surface area contributed by atoms with Crippen LogP contribution >= 0.6 is 0 Å². The minimum Gasteiger partial charge on any atom is -0.247 e. The van der Waals surface area contributed by atoms with Crippen LogP contribution in [0.5, 0.6) is 0 Å². The van der Waals surface area contributed by atoms with Crippen LogP contribution in [0.25, 0.3) is 10.8 Å². The van der Waals surface area contributed by atoms with Crippen molar-refractivity contribution in [3.8, 4) is 36.5 Å². The predicted octanol–water partition coefficient (Wildman–Crippen LogP) is 4.77. The number of aromatic nitrogens is 1. The molecule has 0 fully saturated rings. The maximum Gasteiger partial charge on any atom is 0.116 e. The first kappa shape index (κ1) is 17.4. The Balaban J connectivity index is 2.08. The highest BCUT2D eigenvalue weighted by molar-refractivity contribution is 5.89. The summed E-state index contributed by atoms with van der Waals surface area (Å²) in [5.41, 5.74) is 4.09. The van der Waals surface area contributed by atoms with Crippen molar-refractivity contribution in [2.75, 3.05) is 0 Å². The minimum atomic E-state index is 0.683. The standard InChI is InChI=1S/C25H19N/c1-3-5-10-20-15-16-21-12-7-8-14-23(21)24(20)17-18-25-22(11-6-4-2)13-9-19-26-25/h1-2,7-9,12-16,19H,5-6,10-11H2. The predicted molar refractivity (Wildman–Crippen MR) is 108 cm³/mol. The minimum absolute atomic E-state index is 0.683. The van der Waals surface area contributed by atoms with Gasteiger partial charge >= 0.3 is 0 Å². The molecule has 0 radical (unpaired) electrons. The molecule has 0 unspecified atom stereocenters. The summed E-state index contributed by atoms with van der Waals surface area (Å²) in [6, 6.07) is 16.5. The summed E-state index contributed by atoms with van der Waals surface area (Å²) in [5.74, 6) is 12.0. The Morgan fingerprint density at radius 3 is 2.35 bits per heavy atom. The van der Waals surface area contributed by atoms with Crippen molar-refractivity contribution in [1.82, 2.24) is 4.98 Å². The lowest BCUT2D eigenvalue weighted by molar-refractivity contribution is 1.00. The highest BCUT2D eigenvalue weighted by atomic mass is 14.7. The number of terminal acetylenes is 2. The van der Waals surface area contributed by atoms with Crippen molar-refractivity contribution < 1.29 is 0 Å². The Labute approximate surface area is 155 Å². The summed E-state index contributed by atoms with van der Waals surface area (Å²) in [7, 11) is 0. The molecule has 3 aromatic rings. The topological polar surface area (TPSA) is 12.9 Å². The number of rotatable bonds is 4. The number of hydrogen-bond donors (Lipinski definition) is 0. The maximum atomic E-state index is 5.46. The Hall–Kier alpha value is -3.47. The van der Waals surface area contributed by atoms with Crippen molar-refractivity contribution in [3.05, 3.63) is 77.1 Å². The fourth-order valence-electron chi connectivity index (χ4n) is 2.96. The highest BCUT2D eigenvalue weighted by Crippen LogP contribution is 2.23. The van der Waals surface area contributed by atoms with E-state index in [1.165, 1.54) is 10.9 Å². The summed E-state index contributed by atoms with van der Waals surface area (Å²) in [5, 5.41) is 2.32. The van der Waals surface area contributed by atoms with E-state index in [4.69, 9.17) is 12.8 Å². The second kappa shape index (κ2) is 8.58. The molecule has 0 amide bonds. The molecule has 1 aromatic heterocycles. The summed E-state index contributed by atoms with van der Waals surface area (Å²) >= 11 is 0. The van der Waals surface area contributed by atoms with Crippen LogP contribution in [-0.4, -0.2) is 4.98 Å². The first-order valence-electron chi connectivity index (χ1n) is 8.67. The molecular weight excluding hydrogens is 314 g/mol. The van der Waals surface area contributed by atoms with E-state index in [0.717, 1.165) is 35.0 Å². The Bertz CT molecular complexity index is 1060. The fraction of sp³-hybridized carbons (Fsp3) is 0.160. The van der Waals surface area contributed by atoms with Gasteiger partial charge in [0.05, 0.1) is 0 Å². The van der Waals surface area contributed by atoms with Gasteiger partial charge in [0.1, 0.15) is 5.69 Å². The number of benzene rings is 2. The summed E-state index contributed by atoms with van der Waals surface area (Å²) in [6.07, 6.45) is 15.6. The molecule has 0 bridgehead atoms. The molecule has 0 atom stereocenters. The lowest BCUT2D eigenvalue weighted by Crippen LogP contribution is -1.95. The molecule has 0 N–H and O–H groups in total. The number of hydrogen-bond acceptors (Lipinski definition) is 1. The first-order chi connectivity index (χ1) is 12.8. The van der Waals surface area contributed by atoms with Gasteiger partial charge in [0, 0.05) is 24.6 Å². The van der Waals surface area contributed by atoms with E-state index < -0.39 is 0 Å². The molecule has 1 nitrogen and oxygen atoms in total. The molecule has 0 aliphatic rings. The van der Waals surface area contributed by atoms with E-state index in [9.17, 15) is 0 Å². The normalized spacial score (nSPS) is 9.77. The molecule has 1 heteroatoms. The molecule has 0 aliphatic heterocycles. The molecule has 0 saturated carbocycles. The average molecular weight is 333 g/mol. The molecule has 0 aliphatic carbocycles. The molecule has 0 spiro atoms. The molecule has 2 aromatic carbocycles. The van der Waals surface area contributed by atoms with Crippen molar-refractivity contribution >= 4 is 10.8 Å². The Kier molecular flexibility index (Phi) is 5.72. The van der Waals surface area contributed by atoms with Gasteiger partial charge in [-0.2, -0.15) is 0 Å². The smallest absolute Gasteiger partial charge is 0.116 e. The summed E-state index contributed by atoms with van der Waals surface area (Å²) in [6.45, 7) is 0. The van der Waals surface area contributed by atoms with Gasteiger partial charge in [-0.05, 0) is 46.7 Å². The maximum absolute atomic E-state index is 5.46. The third-order valence-electron chi connectivity index (χ3n) is 4.29. The van der Waals surface area contributed by atoms with Gasteiger partial charge in [-0.15, -0.1) is 24.7 Å². The zero-order valence-corrected chi connectivity index (χ0v) is 14.6. The van der Waals surface area contributed by atoms with Crippen LogP contribution in [0.3, 0.4) is 0 Å². The summed E-state index contributed by atoms with van der Waals surface area (Å²) < 4.78 is 0. The van der Waals surface area contributed by atoms with E-state index in [-0.39, 0.29) is 0 Å². The number of fused-ring (bicyclic) bond motifs is 1. The van der Waals surface area contributed by atoms with Crippen LogP contribution in [0.15, 0.2) is 54.7 Å². The largest absolute Gasteiger partial charge is 0.247 e. The van der Waals surface area contributed by atoms with Crippen LogP contribution in [0, 0.1) is 36.5 Å². The lowest BCUT2D eigenvalue weighted by Gasteiger charge is -2.07. The Morgan fingerprint density at radius 2 is 1.54 bits per heavy atom. The van der Waals surface area contributed by atoms with Gasteiger partial charge in [0.2, 0.25) is 0 Å². The van der Waals surface area contributed by atoms with Crippen molar-refractivity contribution in [2.45, 2.75) is 25.7 Å². The zero-order chi connectivity index (χ0) is 18.2. The molecule has 0 saturated heterocycles. The van der Waals surface area contributed by atoms with E-state index in [1.54, 1.807) is 6.20 Å². The molecular formula is C25H19N. The molecule has 1 heterocycles. The summed E-state index contributed by atoms with van der Waals surface area (Å²) in [4.78, 5) is 4.44. The monoisotopic (exact) mass is 333 g/mol. The van der Waals surface area contributed by atoms with Crippen molar-refractivity contribution in [3.63, 3.8) is 0 Å². The van der Waals surface area contributed by atoms with Crippen LogP contribution in [0.4, 0.5) is 0 Å². The highest BCUT2D eigenvalue weighted by Gasteiger charge is 2.06. The fourth-order valence-corrected chi connectivity index (χ4v) is 2.96. The first-order valence-corrected chi connectivity index (χ1v) is 8.67. The van der Waals surface area contributed by atoms with Gasteiger partial charge in [0.25, 0.3) is 0 Å². The molecule has 26 heavy (non-hydrogen) atoms.